The molecule has 0 atom stereocenters. The van der Waals surface area contributed by atoms with E-state index in [1.165, 1.54) is 35.8 Å². The molecule has 208 valence electrons. The average molecular weight is 525 g/mol. The van der Waals surface area contributed by atoms with Crippen molar-refractivity contribution in [3.63, 3.8) is 0 Å². The highest BCUT2D eigenvalue weighted by molar-refractivity contribution is 5.92. The summed E-state index contributed by atoms with van der Waals surface area (Å²) in [7, 11) is 0. The van der Waals surface area contributed by atoms with Gasteiger partial charge in [0.2, 0.25) is 0 Å². The summed E-state index contributed by atoms with van der Waals surface area (Å²) in [5.41, 5.74) is 6.16. The molecule has 0 aromatic heterocycles. The maximum absolute atomic E-state index is 4.65. The summed E-state index contributed by atoms with van der Waals surface area (Å²) in [5.74, 6) is 0. The number of rotatable bonds is 4. The van der Waals surface area contributed by atoms with Gasteiger partial charge >= 0.3 is 0 Å². The fourth-order valence-corrected chi connectivity index (χ4v) is 4.03. The van der Waals surface area contributed by atoms with E-state index in [1.807, 2.05) is 108 Å². The lowest BCUT2D eigenvalue weighted by Crippen LogP contribution is -2.02. The van der Waals surface area contributed by atoms with E-state index in [-0.39, 0.29) is 0 Å². The Balaban J connectivity index is 0.000000763. The van der Waals surface area contributed by atoms with Gasteiger partial charge in [-0.2, -0.15) is 15.3 Å². The first kappa shape index (κ1) is 33.4. The molecule has 4 nitrogen and oxygen atoms in total. The zero-order valence-electron chi connectivity index (χ0n) is 25.4. The molecule has 0 aliphatic heterocycles. The van der Waals surface area contributed by atoms with E-state index in [0.717, 1.165) is 41.0 Å². The Morgan fingerprint density at radius 3 is 1.54 bits per heavy atom. The number of hydrogen-bond donors (Lipinski definition) is 0. The second-order valence-corrected chi connectivity index (χ2v) is 8.21. The molecule has 0 spiro atoms. The molecule has 0 heterocycles. The third-order valence-electron chi connectivity index (χ3n) is 5.55. The van der Waals surface area contributed by atoms with E-state index in [2.05, 4.69) is 52.5 Å². The second kappa shape index (κ2) is 20.3. The van der Waals surface area contributed by atoms with Gasteiger partial charge in [-0.15, -0.1) is 5.11 Å². The van der Waals surface area contributed by atoms with Gasteiger partial charge in [-0.3, -0.25) is 0 Å². The van der Waals surface area contributed by atoms with E-state index in [4.69, 9.17) is 0 Å². The molecule has 0 radical (unpaired) electrons. The van der Waals surface area contributed by atoms with Crippen molar-refractivity contribution in [1.29, 1.82) is 0 Å². The molecule has 4 aromatic carbocycles. The second-order valence-electron chi connectivity index (χ2n) is 8.21. The number of nitrogens with zero attached hydrogens (tertiary/aromatic N) is 4. The lowest BCUT2D eigenvalue weighted by Gasteiger charge is -2.18. The largest absolute Gasteiger partial charge is 0.151 e. The topological polar surface area (TPSA) is 49.4 Å². The Kier molecular flexibility index (Phi) is 17.4. The number of hydrogen-bond acceptors (Lipinski definition) is 4. The van der Waals surface area contributed by atoms with E-state index < -0.39 is 0 Å². The molecular weight excluding hydrogens is 476 g/mol. The summed E-state index contributed by atoms with van der Waals surface area (Å²) in [4.78, 5) is 0. The molecule has 0 bridgehead atoms. The quantitative estimate of drug-likeness (QED) is 0.238. The van der Waals surface area contributed by atoms with Crippen molar-refractivity contribution in [3.8, 4) is 0 Å². The van der Waals surface area contributed by atoms with Crippen molar-refractivity contribution < 1.29 is 0 Å². The minimum Gasteiger partial charge on any atom is -0.151 e. The normalized spacial score (nSPS) is 11.6. The van der Waals surface area contributed by atoms with Crippen molar-refractivity contribution in [2.24, 2.45) is 20.5 Å². The van der Waals surface area contributed by atoms with Crippen LogP contribution in [0.3, 0.4) is 0 Å². The Morgan fingerprint density at radius 2 is 0.949 bits per heavy atom. The third-order valence-corrected chi connectivity index (χ3v) is 5.55. The molecule has 0 amide bonds. The molecule has 0 N–H and O–H groups in total. The lowest BCUT2D eigenvalue weighted by molar-refractivity contribution is 0.685. The minimum absolute atomic E-state index is 0.863. The van der Waals surface area contributed by atoms with Gasteiger partial charge in [0, 0.05) is 5.39 Å². The molecule has 1 aliphatic rings. The van der Waals surface area contributed by atoms with Crippen molar-refractivity contribution in [1.82, 2.24) is 0 Å². The standard InChI is InChI=1S/C26H22N4.C3H8.3C2H6/c1-2-11-20(12-3-1)27-28-25-17-18-26(23-15-7-6-14-22(23)25)30-29-24-16-8-10-19-9-4-5-13-21(19)24;1-3-2;3*1-2/h1-5,8-13,16-18H,6-7,14-15H2;3H2,1-2H3;3*1-2H3. The first-order chi connectivity index (χ1) is 19.3. The van der Waals surface area contributed by atoms with Crippen LogP contribution in [0.5, 0.6) is 0 Å². The van der Waals surface area contributed by atoms with Crippen LogP contribution >= 0.6 is 0 Å². The van der Waals surface area contributed by atoms with Gasteiger partial charge in [-0.05, 0) is 72.5 Å². The van der Waals surface area contributed by atoms with Gasteiger partial charge in [-0.1, -0.05) is 116 Å². The third kappa shape index (κ3) is 10.2. The lowest BCUT2D eigenvalue weighted by atomic mass is 9.89. The fourth-order valence-electron chi connectivity index (χ4n) is 4.03. The van der Waals surface area contributed by atoms with Crippen molar-refractivity contribution in [3.05, 3.63) is 96.1 Å². The first-order valence-electron chi connectivity index (χ1n) is 14.8. The zero-order valence-corrected chi connectivity index (χ0v) is 25.4. The van der Waals surface area contributed by atoms with Crippen molar-refractivity contribution in [2.75, 3.05) is 0 Å². The van der Waals surface area contributed by atoms with Crippen molar-refractivity contribution in [2.45, 2.75) is 87.5 Å². The number of benzene rings is 4. The molecule has 4 aromatic rings. The molecule has 0 saturated heterocycles. The van der Waals surface area contributed by atoms with Crippen molar-refractivity contribution >= 4 is 33.5 Å². The highest BCUT2D eigenvalue weighted by Crippen LogP contribution is 2.38. The SMILES string of the molecule is CC.CC.CC.CCC.c1ccc(N=Nc2ccc(N=Nc3cccc4ccccc34)c3c2CCCC3)cc1. The Bertz CT molecular complexity index is 1260. The van der Waals surface area contributed by atoms with E-state index >= 15 is 0 Å². The predicted molar refractivity (Wildman–Crippen MR) is 172 cm³/mol. The summed E-state index contributed by atoms with van der Waals surface area (Å²) < 4.78 is 0. The maximum Gasteiger partial charge on any atom is 0.0935 e. The van der Waals surface area contributed by atoms with Crippen LogP contribution in [0.4, 0.5) is 22.7 Å². The van der Waals surface area contributed by atoms with Gasteiger partial charge in [0.1, 0.15) is 0 Å². The van der Waals surface area contributed by atoms with Crippen LogP contribution in [0.1, 0.15) is 85.8 Å². The van der Waals surface area contributed by atoms with E-state index in [0.29, 0.717) is 0 Å². The van der Waals surface area contributed by atoms with Crippen LogP contribution in [0.25, 0.3) is 10.8 Å². The first-order valence-corrected chi connectivity index (χ1v) is 14.8. The van der Waals surface area contributed by atoms with Gasteiger partial charge in [-0.25, -0.2) is 0 Å². The molecule has 5 rings (SSSR count). The molecule has 0 saturated carbocycles. The zero-order chi connectivity index (χ0) is 28.9. The monoisotopic (exact) mass is 524 g/mol. The molecular formula is C35H48N4. The summed E-state index contributed by atoms with van der Waals surface area (Å²) in [6.07, 6.45) is 5.61. The van der Waals surface area contributed by atoms with Gasteiger partial charge < -0.3 is 0 Å². The van der Waals surface area contributed by atoms with Crippen LogP contribution in [0.15, 0.2) is 105 Å². The molecule has 0 unspecified atom stereocenters. The van der Waals surface area contributed by atoms with Gasteiger partial charge in [0.15, 0.2) is 0 Å². The molecule has 39 heavy (non-hydrogen) atoms. The summed E-state index contributed by atoms with van der Waals surface area (Å²) in [6.45, 7) is 16.2. The molecule has 4 heteroatoms. The fraction of sp³-hybridized carbons (Fsp3) is 0.371. The summed E-state index contributed by atoms with van der Waals surface area (Å²) >= 11 is 0. The molecule has 0 fully saturated rings. The molecule has 1 aliphatic carbocycles. The summed E-state index contributed by atoms with van der Waals surface area (Å²) in [6, 6.07) is 28.3. The smallest absolute Gasteiger partial charge is 0.0935 e. The van der Waals surface area contributed by atoms with Crippen LogP contribution in [-0.4, -0.2) is 0 Å². The van der Waals surface area contributed by atoms with Crippen LogP contribution < -0.4 is 0 Å². The Morgan fingerprint density at radius 1 is 0.487 bits per heavy atom. The highest BCUT2D eigenvalue weighted by Gasteiger charge is 2.17. The number of fused-ring (bicyclic) bond motifs is 2. The predicted octanol–water partition coefficient (Wildman–Crippen LogP) is 13.0. The van der Waals surface area contributed by atoms with E-state index in [9.17, 15) is 0 Å². The van der Waals surface area contributed by atoms with E-state index in [1.54, 1.807) is 0 Å². The Hall–Kier alpha value is -3.66. The Labute approximate surface area is 237 Å². The highest BCUT2D eigenvalue weighted by atomic mass is 15.1. The van der Waals surface area contributed by atoms with Crippen LogP contribution in [0.2, 0.25) is 0 Å². The van der Waals surface area contributed by atoms with Gasteiger partial charge in [0.05, 0.1) is 22.7 Å². The van der Waals surface area contributed by atoms with Crippen LogP contribution in [0, 0.1) is 0 Å². The minimum atomic E-state index is 0.863. The average Bonchev–Trinajstić information content (AvgIpc) is 3.03. The van der Waals surface area contributed by atoms with Crippen LogP contribution in [-0.2, 0) is 12.8 Å². The maximum atomic E-state index is 4.65. The number of azo groups is 2. The summed E-state index contributed by atoms with van der Waals surface area (Å²) in [5, 5.41) is 20.5. The van der Waals surface area contributed by atoms with Gasteiger partial charge in [0.25, 0.3) is 0 Å².